The van der Waals surface area contributed by atoms with Gasteiger partial charge in [0, 0.05) is 0 Å². The molecular weight excluding hydrogens is 388 g/mol. The Kier molecular flexibility index (Phi) is 5.57. The van der Waals surface area contributed by atoms with Crippen LogP contribution in [0.4, 0.5) is 0 Å². The maximum absolute atomic E-state index is 10.6. The number of fused-ring (bicyclic) bond motifs is 2. The molecule has 0 amide bonds. The normalized spacial score (nSPS) is 52.9. The van der Waals surface area contributed by atoms with Gasteiger partial charge in [-0.2, -0.15) is 0 Å². The summed E-state index contributed by atoms with van der Waals surface area (Å²) < 4.78 is 0. The zero-order valence-electron chi connectivity index (χ0n) is 22.2. The van der Waals surface area contributed by atoms with Crippen molar-refractivity contribution in [1.29, 1.82) is 0 Å². The van der Waals surface area contributed by atoms with Gasteiger partial charge in [0.1, 0.15) is 0 Å². The molecule has 5 saturated carbocycles. The summed E-state index contributed by atoms with van der Waals surface area (Å²) in [6.07, 6.45) is 16.6. The van der Waals surface area contributed by atoms with Crippen LogP contribution in [0.2, 0.25) is 0 Å². The fourth-order valence-corrected chi connectivity index (χ4v) is 11.1. The van der Waals surface area contributed by atoms with Gasteiger partial charge in [-0.25, -0.2) is 0 Å². The summed E-state index contributed by atoms with van der Waals surface area (Å²) in [7, 11) is 0. The Hall–Kier alpha value is -0.300. The van der Waals surface area contributed by atoms with Crippen molar-refractivity contribution < 1.29 is 5.11 Å². The summed E-state index contributed by atoms with van der Waals surface area (Å²) in [4.78, 5) is 0. The van der Waals surface area contributed by atoms with Crippen molar-refractivity contribution in [3.05, 3.63) is 12.2 Å². The van der Waals surface area contributed by atoms with Gasteiger partial charge in [-0.05, 0) is 128 Å². The molecule has 0 aliphatic heterocycles. The molecule has 1 nitrogen and oxygen atoms in total. The first-order valence-corrected chi connectivity index (χ1v) is 14.4. The molecule has 2 spiro atoms. The monoisotopic (exact) mass is 440 g/mol. The molecule has 10 atom stereocenters. The van der Waals surface area contributed by atoms with Gasteiger partial charge in [0.2, 0.25) is 0 Å². The molecule has 32 heavy (non-hydrogen) atoms. The summed E-state index contributed by atoms with van der Waals surface area (Å²) in [6, 6.07) is 0. The van der Waals surface area contributed by atoms with E-state index < -0.39 is 0 Å². The van der Waals surface area contributed by atoms with Crippen molar-refractivity contribution in [2.45, 2.75) is 125 Å². The standard InChI is InChI=1S/C31H52O/c1-20(2)21(3)10-11-22(4)24-9-8-15-29(7)27-13-12-25-23(5)26(32)14-16-30(25)19-31(27,30)18-17-28(24,29)6/h20,22-27,32H,3,8-19H2,1-2,4-7H3/t22-,23+,24-,25+,26+,27+,28-,29+,30-,31+/m1/s1. The Bertz CT molecular complexity index is 754. The average molecular weight is 441 g/mol. The minimum absolute atomic E-state index is 0.0373. The molecule has 0 aromatic carbocycles. The molecule has 1 N–H and O–H groups in total. The van der Waals surface area contributed by atoms with E-state index in [2.05, 4.69) is 48.1 Å². The van der Waals surface area contributed by atoms with Crippen molar-refractivity contribution in [3.63, 3.8) is 0 Å². The van der Waals surface area contributed by atoms with E-state index >= 15 is 0 Å². The third kappa shape index (κ3) is 2.91. The van der Waals surface area contributed by atoms with Gasteiger partial charge >= 0.3 is 0 Å². The van der Waals surface area contributed by atoms with Crippen molar-refractivity contribution in [3.8, 4) is 0 Å². The van der Waals surface area contributed by atoms with Gasteiger partial charge in [-0.3, -0.25) is 0 Å². The van der Waals surface area contributed by atoms with Gasteiger partial charge in [0.25, 0.3) is 0 Å². The number of hydrogen-bond donors (Lipinski definition) is 1. The van der Waals surface area contributed by atoms with Crippen LogP contribution in [0.1, 0.15) is 119 Å². The second-order valence-electron chi connectivity index (χ2n) is 14.4. The predicted octanol–water partition coefficient (Wildman–Crippen LogP) is 8.41. The largest absolute Gasteiger partial charge is 0.393 e. The van der Waals surface area contributed by atoms with Crippen molar-refractivity contribution in [2.24, 2.45) is 57.2 Å². The summed E-state index contributed by atoms with van der Waals surface area (Å²) in [5.41, 5.74) is 3.72. The lowest BCUT2D eigenvalue weighted by atomic mass is 9.37. The molecular formula is C31H52O. The van der Waals surface area contributed by atoms with E-state index in [4.69, 9.17) is 0 Å². The minimum Gasteiger partial charge on any atom is -0.393 e. The van der Waals surface area contributed by atoms with E-state index in [9.17, 15) is 5.11 Å². The van der Waals surface area contributed by atoms with Crippen LogP contribution in [0.3, 0.4) is 0 Å². The average Bonchev–Trinajstić information content (AvgIpc) is 3.43. The maximum atomic E-state index is 10.6. The minimum atomic E-state index is -0.0373. The lowest BCUT2D eigenvalue weighted by molar-refractivity contribution is -0.188. The first-order chi connectivity index (χ1) is 15.0. The predicted molar refractivity (Wildman–Crippen MR) is 135 cm³/mol. The second kappa shape index (κ2) is 7.60. The lowest BCUT2D eigenvalue weighted by Gasteiger charge is -2.67. The number of allylic oxidation sites excluding steroid dienone is 1. The Morgan fingerprint density at radius 3 is 2.41 bits per heavy atom. The smallest absolute Gasteiger partial charge is 0.0568 e. The van der Waals surface area contributed by atoms with Gasteiger partial charge < -0.3 is 5.11 Å². The molecule has 0 aromatic heterocycles. The summed E-state index contributed by atoms with van der Waals surface area (Å²) >= 11 is 0. The quantitative estimate of drug-likeness (QED) is 0.425. The number of rotatable bonds is 5. The van der Waals surface area contributed by atoms with Crippen LogP contribution in [0.15, 0.2) is 12.2 Å². The van der Waals surface area contributed by atoms with Crippen molar-refractivity contribution >= 4 is 0 Å². The highest BCUT2D eigenvalue weighted by molar-refractivity contribution is 5.29. The molecule has 1 heteroatoms. The van der Waals surface area contributed by atoms with E-state index in [1.807, 2.05) is 0 Å². The van der Waals surface area contributed by atoms with E-state index in [-0.39, 0.29) is 6.10 Å². The Balaban J connectivity index is 1.40. The first-order valence-electron chi connectivity index (χ1n) is 14.4. The van der Waals surface area contributed by atoms with Gasteiger partial charge in [0.15, 0.2) is 0 Å². The van der Waals surface area contributed by atoms with Crippen molar-refractivity contribution in [1.82, 2.24) is 0 Å². The van der Waals surface area contributed by atoms with Crippen molar-refractivity contribution in [2.75, 3.05) is 0 Å². The van der Waals surface area contributed by atoms with Crippen LogP contribution in [0.5, 0.6) is 0 Å². The van der Waals surface area contributed by atoms with E-state index in [0.717, 1.165) is 30.1 Å². The van der Waals surface area contributed by atoms with E-state index in [1.54, 1.807) is 0 Å². The third-order valence-corrected chi connectivity index (χ3v) is 13.4. The topological polar surface area (TPSA) is 20.2 Å². The summed E-state index contributed by atoms with van der Waals surface area (Å²) in [5, 5.41) is 10.6. The number of aliphatic hydroxyl groups excluding tert-OH is 1. The molecule has 0 aromatic rings. The number of aliphatic hydroxyl groups is 1. The van der Waals surface area contributed by atoms with Gasteiger partial charge in [-0.15, -0.1) is 0 Å². The molecule has 182 valence electrons. The van der Waals surface area contributed by atoms with Gasteiger partial charge in [-0.1, -0.05) is 60.1 Å². The zero-order chi connectivity index (χ0) is 23.1. The lowest BCUT2D eigenvalue weighted by Crippen LogP contribution is -2.60. The molecule has 5 rings (SSSR count). The Morgan fingerprint density at radius 1 is 0.938 bits per heavy atom. The first kappa shape index (κ1) is 23.4. The van der Waals surface area contributed by atoms with E-state index in [0.29, 0.717) is 33.5 Å². The van der Waals surface area contributed by atoms with Crippen LogP contribution in [0, 0.1) is 57.2 Å². The van der Waals surface area contributed by atoms with Crippen LogP contribution in [-0.2, 0) is 0 Å². The summed E-state index contributed by atoms with van der Waals surface area (Å²) in [5.74, 6) is 4.60. The zero-order valence-corrected chi connectivity index (χ0v) is 22.2. The highest BCUT2D eigenvalue weighted by atomic mass is 16.3. The molecule has 5 aliphatic carbocycles. The maximum Gasteiger partial charge on any atom is 0.0568 e. The van der Waals surface area contributed by atoms with E-state index in [1.165, 1.54) is 76.2 Å². The second-order valence-corrected chi connectivity index (χ2v) is 14.4. The van der Waals surface area contributed by atoms with Gasteiger partial charge in [0.05, 0.1) is 6.10 Å². The number of hydrogen-bond acceptors (Lipinski definition) is 1. The highest BCUT2D eigenvalue weighted by Gasteiger charge is 2.80. The molecule has 0 unspecified atom stereocenters. The molecule has 0 bridgehead atoms. The van der Waals surface area contributed by atoms with Crippen LogP contribution in [0.25, 0.3) is 0 Å². The van der Waals surface area contributed by atoms with Crippen LogP contribution < -0.4 is 0 Å². The molecule has 0 saturated heterocycles. The summed E-state index contributed by atoms with van der Waals surface area (Å²) in [6.45, 7) is 19.5. The third-order valence-electron chi connectivity index (χ3n) is 13.4. The SMILES string of the molecule is C=C(CC[C@@H](C)[C@H]1CCC[C@@]2(C)[C@@H]3CC[C@H]4[C@H](C)[C@@H](O)CC[C@@]45C[C@@]35CC[C@]12C)C(C)C. The fourth-order valence-electron chi connectivity index (χ4n) is 11.1. The molecule has 0 heterocycles. The van der Waals surface area contributed by atoms with Crippen LogP contribution in [-0.4, -0.2) is 11.2 Å². The Morgan fingerprint density at radius 2 is 1.69 bits per heavy atom. The molecule has 0 radical (unpaired) electrons. The fraction of sp³-hybridized carbons (Fsp3) is 0.935. The highest BCUT2D eigenvalue weighted by Crippen LogP contribution is 2.87. The van der Waals surface area contributed by atoms with Crippen LogP contribution >= 0.6 is 0 Å². The molecule has 5 aliphatic rings. The Labute approximate surface area is 199 Å². The molecule has 5 fully saturated rings.